The molecule has 0 saturated heterocycles. The summed E-state index contributed by atoms with van der Waals surface area (Å²) >= 11 is 1.81. The van der Waals surface area contributed by atoms with Crippen LogP contribution in [0.5, 0.6) is 0 Å². The lowest BCUT2D eigenvalue weighted by atomic mass is 10.2. The molecule has 0 aromatic carbocycles. The van der Waals surface area contributed by atoms with E-state index in [0.29, 0.717) is 6.04 Å². The van der Waals surface area contributed by atoms with Gasteiger partial charge in [0.05, 0.1) is 5.69 Å². The van der Waals surface area contributed by atoms with Crippen molar-refractivity contribution in [2.75, 3.05) is 12.4 Å². The molecule has 0 amide bonds. The minimum atomic E-state index is 0.433. The molecule has 0 aliphatic carbocycles. The van der Waals surface area contributed by atoms with Crippen molar-refractivity contribution in [3.05, 3.63) is 34.3 Å². The maximum absolute atomic E-state index is 4.43. The first-order valence-corrected chi connectivity index (χ1v) is 6.34. The van der Waals surface area contributed by atoms with Crippen LogP contribution in [0.4, 0.5) is 5.95 Å². The van der Waals surface area contributed by atoms with Crippen molar-refractivity contribution in [1.82, 2.24) is 9.55 Å². The molecule has 1 unspecified atom stereocenters. The largest absolute Gasteiger partial charge is 0.359 e. The highest BCUT2D eigenvalue weighted by molar-refractivity contribution is 7.09. The average Bonchev–Trinajstić information content (AvgIpc) is 2.86. The summed E-state index contributed by atoms with van der Waals surface area (Å²) in [5.41, 5.74) is 1.06. The molecule has 86 valence electrons. The summed E-state index contributed by atoms with van der Waals surface area (Å²) in [6.07, 6.45) is 3.16. The summed E-state index contributed by atoms with van der Waals surface area (Å²) in [6.45, 7) is 4.25. The number of nitrogens with zero attached hydrogens (tertiary/aromatic N) is 2. The van der Waals surface area contributed by atoms with Gasteiger partial charge in [0.1, 0.15) is 0 Å². The van der Waals surface area contributed by atoms with Crippen LogP contribution in [-0.2, 0) is 6.42 Å². The number of rotatable bonds is 4. The molecule has 0 saturated carbocycles. The Labute approximate surface area is 100 Å². The molecule has 2 heterocycles. The summed E-state index contributed by atoms with van der Waals surface area (Å²) in [6, 6.07) is 4.72. The Morgan fingerprint density at radius 3 is 3.00 bits per heavy atom. The number of nitrogens with one attached hydrogen (secondary N) is 1. The van der Waals surface area contributed by atoms with E-state index < -0.39 is 0 Å². The lowest BCUT2D eigenvalue weighted by molar-refractivity contribution is 0.554. The maximum Gasteiger partial charge on any atom is 0.203 e. The molecule has 2 aromatic rings. The van der Waals surface area contributed by atoms with Gasteiger partial charge in [0.25, 0.3) is 0 Å². The lowest BCUT2D eigenvalue weighted by Gasteiger charge is -2.14. The van der Waals surface area contributed by atoms with Crippen LogP contribution in [0.3, 0.4) is 0 Å². The van der Waals surface area contributed by atoms with Crippen LogP contribution >= 0.6 is 11.3 Å². The SMILES string of the molecule is CNc1nc(C)cn1C(C)Cc1cccs1. The zero-order valence-corrected chi connectivity index (χ0v) is 10.7. The van der Waals surface area contributed by atoms with E-state index in [4.69, 9.17) is 0 Å². The Bertz CT molecular complexity index is 445. The van der Waals surface area contributed by atoms with E-state index in [2.05, 4.69) is 45.5 Å². The van der Waals surface area contributed by atoms with Gasteiger partial charge in [-0.15, -0.1) is 11.3 Å². The summed E-state index contributed by atoms with van der Waals surface area (Å²) in [7, 11) is 1.91. The van der Waals surface area contributed by atoms with Crippen molar-refractivity contribution in [3.8, 4) is 0 Å². The van der Waals surface area contributed by atoms with Crippen molar-refractivity contribution in [2.45, 2.75) is 26.3 Å². The Hall–Kier alpha value is -1.29. The third-order valence-corrected chi connectivity index (χ3v) is 3.53. The monoisotopic (exact) mass is 235 g/mol. The number of hydrogen-bond acceptors (Lipinski definition) is 3. The molecule has 0 aliphatic heterocycles. The fourth-order valence-electron chi connectivity index (χ4n) is 1.86. The van der Waals surface area contributed by atoms with Gasteiger partial charge in [0.2, 0.25) is 5.95 Å². The maximum atomic E-state index is 4.43. The summed E-state index contributed by atoms with van der Waals surface area (Å²) in [4.78, 5) is 5.85. The van der Waals surface area contributed by atoms with Gasteiger partial charge in [0.15, 0.2) is 0 Å². The number of anilines is 1. The Morgan fingerprint density at radius 2 is 2.38 bits per heavy atom. The van der Waals surface area contributed by atoms with Crippen LogP contribution in [-0.4, -0.2) is 16.6 Å². The highest BCUT2D eigenvalue weighted by atomic mass is 32.1. The van der Waals surface area contributed by atoms with Crippen LogP contribution < -0.4 is 5.32 Å². The fraction of sp³-hybridized carbons (Fsp3) is 0.417. The van der Waals surface area contributed by atoms with Gasteiger partial charge in [-0.3, -0.25) is 0 Å². The second kappa shape index (κ2) is 4.70. The minimum absolute atomic E-state index is 0.433. The fourth-order valence-corrected chi connectivity index (χ4v) is 2.68. The van der Waals surface area contributed by atoms with E-state index in [1.165, 1.54) is 4.88 Å². The van der Waals surface area contributed by atoms with Crippen molar-refractivity contribution >= 4 is 17.3 Å². The summed E-state index contributed by atoms with van der Waals surface area (Å²) < 4.78 is 2.20. The first kappa shape index (κ1) is 11.2. The first-order chi connectivity index (χ1) is 7.70. The van der Waals surface area contributed by atoms with Gasteiger partial charge in [-0.05, 0) is 25.3 Å². The predicted octanol–water partition coefficient (Wildman–Crippen LogP) is 3.10. The second-order valence-corrected chi connectivity index (χ2v) is 5.03. The molecule has 0 radical (unpaired) electrons. The Kier molecular flexibility index (Phi) is 3.29. The molecule has 2 rings (SSSR count). The average molecular weight is 235 g/mol. The first-order valence-electron chi connectivity index (χ1n) is 5.46. The van der Waals surface area contributed by atoms with Crippen LogP contribution in [0.2, 0.25) is 0 Å². The number of imidazole rings is 1. The molecule has 1 N–H and O–H groups in total. The number of aryl methyl sites for hydroxylation is 1. The molecule has 0 bridgehead atoms. The normalized spacial score (nSPS) is 12.7. The topological polar surface area (TPSA) is 29.9 Å². The second-order valence-electron chi connectivity index (χ2n) is 4.00. The molecular formula is C12H17N3S. The van der Waals surface area contributed by atoms with Gasteiger partial charge < -0.3 is 9.88 Å². The number of hydrogen-bond donors (Lipinski definition) is 1. The highest BCUT2D eigenvalue weighted by Crippen LogP contribution is 2.21. The van der Waals surface area contributed by atoms with Gasteiger partial charge >= 0.3 is 0 Å². The van der Waals surface area contributed by atoms with Gasteiger partial charge in [-0.1, -0.05) is 6.07 Å². The number of thiophene rings is 1. The van der Waals surface area contributed by atoms with E-state index in [-0.39, 0.29) is 0 Å². The van der Waals surface area contributed by atoms with E-state index >= 15 is 0 Å². The van der Waals surface area contributed by atoms with Gasteiger partial charge in [0, 0.05) is 30.6 Å². The molecule has 1 atom stereocenters. The van der Waals surface area contributed by atoms with Crippen molar-refractivity contribution in [1.29, 1.82) is 0 Å². The van der Waals surface area contributed by atoms with E-state index in [1.807, 2.05) is 25.3 Å². The molecule has 0 spiro atoms. The molecule has 16 heavy (non-hydrogen) atoms. The lowest BCUT2D eigenvalue weighted by Crippen LogP contribution is -2.10. The Morgan fingerprint density at radius 1 is 1.56 bits per heavy atom. The molecular weight excluding hydrogens is 218 g/mol. The van der Waals surface area contributed by atoms with Crippen molar-refractivity contribution in [3.63, 3.8) is 0 Å². The highest BCUT2D eigenvalue weighted by Gasteiger charge is 2.11. The third-order valence-electron chi connectivity index (χ3n) is 2.63. The third kappa shape index (κ3) is 2.27. The van der Waals surface area contributed by atoms with E-state index in [9.17, 15) is 0 Å². The molecule has 0 fully saturated rings. The van der Waals surface area contributed by atoms with Crippen molar-refractivity contribution in [2.24, 2.45) is 0 Å². The smallest absolute Gasteiger partial charge is 0.203 e. The quantitative estimate of drug-likeness (QED) is 0.882. The van der Waals surface area contributed by atoms with Crippen LogP contribution in [0.15, 0.2) is 23.7 Å². The standard InChI is InChI=1S/C12H17N3S/c1-9-8-15(12(13-3)14-9)10(2)7-11-5-4-6-16-11/h4-6,8,10H,7H2,1-3H3,(H,13,14). The van der Waals surface area contributed by atoms with E-state index in [0.717, 1.165) is 18.1 Å². The summed E-state index contributed by atoms with van der Waals surface area (Å²) in [5, 5.41) is 5.26. The van der Waals surface area contributed by atoms with Crippen molar-refractivity contribution < 1.29 is 0 Å². The van der Waals surface area contributed by atoms with Crippen LogP contribution in [0.1, 0.15) is 23.5 Å². The van der Waals surface area contributed by atoms with Crippen LogP contribution in [0, 0.1) is 6.92 Å². The van der Waals surface area contributed by atoms with Gasteiger partial charge in [-0.2, -0.15) is 0 Å². The molecule has 4 heteroatoms. The minimum Gasteiger partial charge on any atom is -0.359 e. The number of aromatic nitrogens is 2. The zero-order valence-electron chi connectivity index (χ0n) is 9.90. The van der Waals surface area contributed by atoms with Crippen LogP contribution in [0.25, 0.3) is 0 Å². The molecule has 2 aromatic heterocycles. The zero-order chi connectivity index (χ0) is 11.5. The molecule has 3 nitrogen and oxygen atoms in total. The molecule has 0 aliphatic rings. The predicted molar refractivity (Wildman–Crippen MR) is 69.2 cm³/mol. The van der Waals surface area contributed by atoms with E-state index in [1.54, 1.807) is 0 Å². The summed E-state index contributed by atoms with van der Waals surface area (Å²) in [5.74, 6) is 0.946. The Balaban J connectivity index is 2.16. The van der Waals surface area contributed by atoms with Gasteiger partial charge in [-0.25, -0.2) is 4.98 Å².